The van der Waals surface area contributed by atoms with Gasteiger partial charge in [-0.05, 0) is 45.6 Å². The summed E-state index contributed by atoms with van der Waals surface area (Å²) in [5.41, 5.74) is 3.01. The van der Waals surface area contributed by atoms with Crippen LogP contribution in [-0.4, -0.2) is 40.1 Å². The van der Waals surface area contributed by atoms with E-state index in [0.717, 1.165) is 42.1 Å². The Morgan fingerprint density at radius 2 is 2.17 bits per heavy atom. The highest BCUT2D eigenvalue weighted by molar-refractivity contribution is 6.16. The van der Waals surface area contributed by atoms with E-state index in [0.29, 0.717) is 5.88 Å². The smallest absolute Gasteiger partial charge is 0.160 e. The maximum Gasteiger partial charge on any atom is 0.160 e. The largest absolute Gasteiger partial charge is 0.312 e. The van der Waals surface area contributed by atoms with Crippen molar-refractivity contribution in [2.24, 2.45) is 0 Å². The zero-order chi connectivity index (χ0) is 13.1. The summed E-state index contributed by atoms with van der Waals surface area (Å²) in [4.78, 5) is 11.2. The fourth-order valence-electron chi connectivity index (χ4n) is 2.04. The Bertz CT molecular complexity index is 533. The van der Waals surface area contributed by atoms with Gasteiger partial charge in [-0.15, -0.1) is 11.6 Å². The van der Waals surface area contributed by atoms with Crippen molar-refractivity contribution in [2.75, 3.05) is 20.6 Å². The number of hydrogen-bond acceptors (Lipinski definition) is 3. The molecule has 0 N–H and O–H groups in total. The van der Waals surface area contributed by atoms with Gasteiger partial charge in [0.25, 0.3) is 0 Å². The summed E-state index contributed by atoms with van der Waals surface area (Å²) in [6.45, 7) is 3.98. The predicted octanol–water partition coefficient (Wildman–Crippen LogP) is 2.43. The molecule has 0 saturated heterocycles. The minimum absolute atomic E-state index is 0.428. The van der Waals surface area contributed by atoms with Crippen LogP contribution in [0.15, 0.2) is 12.3 Å². The van der Waals surface area contributed by atoms with Crippen LogP contribution in [0.2, 0.25) is 0 Å². The number of halogens is 1. The Labute approximate surface area is 113 Å². The van der Waals surface area contributed by atoms with E-state index in [4.69, 9.17) is 11.6 Å². The molecule has 0 bridgehead atoms. The lowest BCUT2D eigenvalue weighted by Gasteiger charge is -2.11. The zero-order valence-electron chi connectivity index (χ0n) is 11.1. The number of fused-ring (bicyclic) bond motifs is 1. The Balaban J connectivity index is 2.29. The van der Waals surface area contributed by atoms with Crippen LogP contribution < -0.4 is 0 Å². The molecule has 0 spiro atoms. The van der Waals surface area contributed by atoms with E-state index in [-0.39, 0.29) is 0 Å². The number of nitrogens with zero attached hydrogens (tertiary/aromatic N) is 4. The van der Waals surface area contributed by atoms with Gasteiger partial charge in [-0.1, -0.05) is 0 Å². The molecular weight excluding hydrogens is 248 g/mol. The standard InChI is InChI=1S/C13H19ClN4/c1-10-7-11-13(15-9-10)18(12(8-14)16-11)6-4-5-17(2)3/h7,9H,4-6,8H2,1-3H3. The number of aromatic nitrogens is 3. The fourth-order valence-corrected chi connectivity index (χ4v) is 2.24. The first-order chi connectivity index (χ1) is 8.61. The zero-order valence-corrected chi connectivity index (χ0v) is 11.9. The van der Waals surface area contributed by atoms with Crippen LogP contribution in [0.1, 0.15) is 17.8 Å². The van der Waals surface area contributed by atoms with Gasteiger partial charge in [0.15, 0.2) is 5.65 Å². The number of aryl methyl sites for hydroxylation is 2. The average Bonchev–Trinajstić information content (AvgIpc) is 2.66. The van der Waals surface area contributed by atoms with Crippen LogP contribution in [0.4, 0.5) is 0 Å². The van der Waals surface area contributed by atoms with Crippen LogP contribution >= 0.6 is 11.6 Å². The molecule has 2 heterocycles. The number of rotatable bonds is 5. The highest BCUT2D eigenvalue weighted by atomic mass is 35.5. The molecule has 2 rings (SSSR count). The molecule has 18 heavy (non-hydrogen) atoms. The van der Waals surface area contributed by atoms with E-state index in [2.05, 4.69) is 39.6 Å². The molecule has 2 aromatic rings. The first kappa shape index (κ1) is 13.3. The lowest BCUT2D eigenvalue weighted by atomic mass is 10.3. The van der Waals surface area contributed by atoms with Crippen LogP contribution in [0, 0.1) is 6.92 Å². The van der Waals surface area contributed by atoms with E-state index in [1.807, 2.05) is 13.1 Å². The van der Waals surface area contributed by atoms with Gasteiger partial charge in [-0.2, -0.15) is 0 Å². The van der Waals surface area contributed by atoms with E-state index in [1.54, 1.807) is 0 Å². The summed E-state index contributed by atoms with van der Waals surface area (Å²) >= 11 is 5.96. The molecule has 4 nitrogen and oxygen atoms in total. The highest BCUT2D eigenvalue weighted by Crippen LogP contribution is 2.17. The van der Waals surface area contributed by atoms with Gasteiger partial charge in [0.2, 0.25) is 0 Å². The van der Waals surface area contributed by atoms with Gasteiger partial charge in [-0.25, -0.2) is 9.97 Å². The molecule has 98 valence electrons. The van der Waals surface area contributed by atoms with E-state index in [1.165, 1.54) is 0 Å². The number of hydrogen-bond donors (Lipinski definition) is 0. The molecule has 0 aromatic carbocycles. The third-order valence-corrected chi connectivity index (χ3v) is 3.15. The minimum Gasteiger partial charge on any atom is -0.312 e. The van der Waals surface area contributed by atoms with Crippen molar-refractivity contribution in [3.63, 3.8) is 0 Å². The lowest BCUT2D eigenvalue weighted by molar-refractivity contribution is 0.386. The van der Waals surface area contributed by atoms with Crippen molar-refractivity contribution >= 4 is 22.8 Å². The molecule has 0 amide bonds. The normalized spacial score (nSPS) is 11.6. The molecule has 0 aliphatic rings. The fraction of sp³-hybridized carbons (Fsp3) is 0.538. The molecule has 0 saturated carbocycles. The van der Waals surface area contributed by atoms with Gasteiger partial charge < -0.3 is 9.47 Å². The second kappa shape index (κ2) is 5.67. The van der Waals surface area contributed by atoms with Gasteiger partial charge in [-0.3, -0.25) is 0 Å². The highest BCUT2D eigenvalue weighted by Gasteiger charge is 2.10. The molecule has 2 aromatic heterocycles. The molecular formula is C13H19ClN4. The Morgan fingerprint density at radius 1 is 1.39 bits per heavy atom. The molecule has 0 unspecified atom stereocenters. The summed E-state index contributed by atoms with van der Waals surface area (Å²) in [7, 11) is 4.16. The Morgan fingerprint density at radius 3 is 2.83 bits per heavy atom. The van der Waals surface area contributed by atoms with E-state index < -0.39 is 0 Å². The molecule has 0 radical (unpaired) electrons. The number of imidazole rings is 1. The molecule has 0 fully saturated rings. The van der Waals surface area contributed by atoms with Crippen LogP contribution in [0.5, 0.6) is 0 Å². The summed E-state index contributed by atoms with van der Waals surface area (Å²) in [5, 5.41) is 0. The number of alkyl halides is 1. The van der Waals surface area contributed by atoms with Crippen molar-refractivity contribution in [3.8, 4) is 0 Å². The monoisotopic (exact) mass is 266 g/mol. The van der Waals surface area contributed by atoms with Crippen LogP contribution in [-0.2, 0) is 12.4 Å². The Kier molecular flexibility index (Phi) is 4.19. The summed E-state index contributed by atoms with van der Waals surface area (Å²) in [5.74, 6) is 1.33. The van der Waals surface area contributed by atoms with Gasteiger partial charge in [0.1, 0.15) is 11.3 Å². The minimum atomic E-state index is 0.428. The topological polar surface area (TPSA) is 34.0 Å². The van der Waals surface area contributed by atoms with E-state index in [9.17, 15) is 0 Å². The van der Waals surface area contributed by atoms with Gasteiger partial charge in [0.05, 0.1) is 5.88 Å². The van der Waals surface area contributed by atoms with Crippen molar-refractivity contribution in [1.82, 2.24) is 19.4 Å². The summed E-state index contributed by atoms with van der Waals surface area (Å²) in [6.07, 6.45) is 2.95. The number of pyridine rings is 1. The summed E-state index contributed by atoms with van der Waals surface area (Å²) < 4.78 is 2.13. The first-order valence-electron chi connectivity index (χ1n) is 6.14. The third kappa shape index (κ3) is 2.82. The second-order valence-corrected chi connectivity index (χ2v) is 5.09. The predicted molar refractivity (Wildman–Crippen MR) is 75.0 cm³/mol. The van der Waals surface area contributed by atoms with Crippen LogP contribution in [0.25, 0.3) is 11.2 Å². The van der Waals surface area contributed by atoms with Crippen LogP contribution in [0.3, 0.4) is 0 Å². The quantitative estimate of drug-likeness (QED) is 0.780. The first-order valence-corrected chi connectivity index (χ1v) is 6.67. The summed E-state index contributed by atoms with van der Waals surface area (Å²) in [6, 6.07) is 2.06. The molecule has 0 aliphatic heterocycles. The van der Waals surface area contributed by atoms with Gasteiger partial charge in [0, 0.05) is 12.7 Å². The second-order valence-electron chi connectivity index (χ2n) is 4.83. The average molecular weight is 267 g/mol. The SMILES string of the molecule is Cc1cnc2c(c1)nc(CCl)n2CCCN(C)C. The molecule has 5 heteroatoms. The molecule has 0 aliphatic carbocycles. The third-order valence-electron chi connectivity index (χ3n) is 2.91. The van der Waals surface area contributed by atoms with Crippen molar-refractivity contribution in [1.29, 1.82) is 0 Å². The van der Waals surface area contributed by atoms with Crippen molar-refractivity contribution in [2.45, 2.75) is 25.8 Å². The lowest BCUT2D eigenvalue weighted by Crippen LogP contribution is -2.15. The van der Waals surface area contributed by atoms with Gasteiger partial charge >= 0.3 is 0 Å². The Hall–Kier alpha value is -1.13. The molecule has 0 atom stereocenters. The maximum absolute atomic E-state index is 5.96. The van der Waals surface area contributed by atoms with E-state index >= 15 is 0 Å². The van der Waals surface area contributed by atoms with Crippen molar-refractivity contribution in [3.05, 3.63) is 23.7 Å². The van der Waals surface area contributed by atoms with Crippen molar-refractivity contribution < 1.29 is 0 Å². The maximum atomic E-state index is 5.96.